The molecule has 2 rings (SSSR count). The third kappa shape index (κ3) is 3.69. The molecule has 0 unspecified atom stereocenters. The van der Waals surface area contributed by atoms with Crippen molar-refractivity contribution < 1.29 is 19.1 Å². The summed E-state index contributed by atoms with van der Waals surface area (Å²) in [6.45, 7) is 0.629. The minimum absolute atomic E-state index is 0.168. The Balaban J connectivity index is 1.96. The molecule has 0 spiro atoms. The zero-order valence-corrected chi connectivity index (χ0v) is 11.5. The van der Waals surface area contributed by atoms with Crippen LogP contribution in [0.4, 0.5) is 0 Å². The molecular weight excluding hydrogens is 246 g/mol. The van der Waals surface area contributed by atoms with Crippen LogP contribution in [0.1, 0.15) is 44.9 Å². The van der Waals surface area contributed by atoms with E-state index < -0.39 is 12.1 Å². The maximum atomic E-state index is 12.1. The summed E-state index contributed by atoms with van der Waals surface area (Å²) in [5, 5.41) is 2.84. The number of ether oxygens (including phenoxy) is 2. The number of methoxy groups -OCH3 is 1. The molecule has 1 aliphatic heterocycles. The van der Waals surface area contributed by atoms with Gasteiger partial charge in [0.1, 0.15) is 12.1 Å². The molecule has 1 N–H and O–H groups in total. The summed E-state index contributed by atoms with van der Waals surface area (Å²) in [4.78, 5) is 24.0. The summed E-state index contributed by atoms with van der Waals surface area (Å²) in [6, 6.07) is -0.512. The van der Waals surface area contributed by atoms with Crippen LogP contribution in [0.2, 0.25) is 0 Å². The lowest BCUT2D eigenvalue weighted by molar-refractivity contribution is -0.148. The molecule has 1 amide bonds. The maximum absolute atomic E-state index is 12.1. The molecule has 1 saturated heterocycles. The fourth-order valence-corrected chi connectivity index (χ4v) is 2.99. The van der Waals surface area contributed by atoms with E-state index in [4.69, 9.17) is 9.47 Å². The van der Waals surface area contributed by atoms with Gasteiger partial charge in [0.2, 0.25) is 5.91 Å². The first-order chi connectivity index (χ1) is 9.22. The Kier molecular flexibility index (Phi) is 5.19. The van der Waals surface area contributed by atoms with E-state index in [1.165, 1.54) is 13.5 Å². The molecule has 1 aliphatic carbocycles. The molecule has 0 aromatic rings. The third-order valence-corrected chi connectivity index (χ3v) is 4.10. The number of esters is 1. The van der Waals surface area contributed by atoms with Gasteiger partial charge >= 0.3 is 5.97 Å². The van der Waals surface area contributed by atoms with E-state index in [-0.39, 0.29) is 17.8 Å². The zero-order valence-electron chi connectivity index (χ0n) is 11.5. The highest BCUT2D eigenvalue weighted by Crippen LogP contribution is 2.27. The molecule has 2 atom stereocenters. The van der Waals surface area contributed by atoms with Crippen molar-refractivity contribution in [2.75, 3.05) is 13.7 Å². The van der Waals surface area contributed by atoms with Gasteiger partial charge in [0.15, 0.2) is 0 Å². The Labute approximate surface area is 114 Å². The molecule has 0 radical (unpaired) electrons. The summed E-state index contributed by atoms with van der Waals surface area (Å²) in [5.41, 5.74) is 0. The van der Waals surface area contributed by atoms with E-state index >= 15 is 0 Å². The number of amides is 1. The van der Waals surface area contributed by atoms with Crippen LogP contribution in [0.25, 0.3) is 0 Å². The van der Waals surface area contributed by atoms with E-state index in [0.717, 1.165) is 38.5 Å². The molecule has 0 aromatic heterocycles. The number of hydrogen-bond donors (Lipinski definition) is 1. The summed E-state index contributed by atoms with van der Waals surface area (Å²) in [7, 11) is 1.37. The van der Waals surface area contributed by atoms with Crippen molar-refractivity contribution >= 4 is 11.9 Å². The van der Waals surface area contributed by atoms with E-state index in [1.807, 2.05) is 0 Å². The average molecular weight is 269 g/mol. The van der Waals surface area contributed by atoms with Gasteiger partial charge in [-0.15, -0.1) is 0 Å². The highest BCUT2D eigenvalue weighted by atomic mass is 16.5. The third-order valence-electron chi connectivity index (χ3n) is 4.10. The Morgan fingerprint density at radius 1 is 1.16 bits per heavy atom. The van der Waals surface area contributed by atoms with Crippen LogP contribution in [0.15, 0.2) is 0 Å². The smallest absolute Gasteiger partial charge is 0.328 e. The van der Waals surface area contributed by atoms with Crippen LogP contribution in [0.5, 0.6) is 0 Å². The van der Waals surface area contributed by atoms with Gasteiger partial charge in [0.25, 0.3) is 0 Å². The lowest BCUT2D eigenvalue weighted by Gasteiger charge is -2.29. The molecule has 108 valence electrons. The normalized spacial score (nSPS) is 25.8. The Bertz CT molecular complexity index is 319. The standard InChI is InChI=1S/C14H23NO4/c1-18-14(17)12(10-6-3-2-4-7-10)15-13(16)11-8-5-9-19-11/h10-12H,2-9H2,1H3,(H,15,16)/t11-,12-/m0/s1. The molecular formula is C14H23NO4. The molecule has 5 nitrogen and oxygen atoms in total. The van der Waals surface area contributed by atoms with Gasteiger partial charge in [0.05, 0.1) is 7.11 Å². The van der Waals surface area contributed by atoms with Crippen LogP contribution in [0, 0.1) is 5.92 Å². The Morgan fingerprint density at radius 2 is 1.89 bits per heavy atom. The number of rotatable bonds is 4. The summed E-state index contributed by atoms with van der Waals surface area (Å²) in [5.74, 6) is -0.303. The van der Waals surface area contributed by atoms with Gasteiger partial charge < -0.3 is 14.8 Å². The first-order valence-corrected chi connectivity index (χ1v) is 7.22. The minimum atomic E-state index is -0.512. The Hall–Kier alpha value is -1.10. The van der Waals surface area contributed by atoms with E-state index in [0.29, 0.717) is 6.61 Å². The summed E-state index contributed by atoms with van der Waals surface area (Å²) < 4.78 is 10.2. The Morgan fingerprint density at radius 3 is 2.47 bits per heavy atom. The zero-order chi connectivity index (χ0) is 13.7. The minimum Gasteiger partial charge on any atom is -0.467 e. The predicted octanol–water partition coefficient (Wildman–Crippen LogP) is 1.40. The summed E-state index contributed by atoms with van der Waals surface area (Å²) in [6.07, 6.45) is 6.66. The van der Waals surface area contributed by atoms with Crippen molar-refractivity contribution in [3.63, 3.8) is 0 Å². The van der Waals surface area contributed by atoms with E-state index in [9.17, 15) is 9.59 Å². The quantitative estimate of drug-likeness (QED) is 0.784. The highest BCUT2D eigenvalue weighted by Gasteiger charge is 2.34. The van der Waals surface area contributed by atoms with E-state index in [1.54, 1.807) is 0 Å². The number of carbonyl (C=O) groups is 2. The molecule has 1 saturated carbocycles. The van der Waals surface area contributed by atoms with E-state index in [2.05, 4.69) is 5.32 Å². The molecule has 19 heavy (non-hydrogen) atoms. The first-order valence-electron chi connectivity index (χ1n) is 7.22. The van der Waals surface area contributed by atoms with Crippen LogP contribution < -0.4 is 5.32 Å². The fraction of sp³-hybridized carbons (Fsp3) is 0.857. The SMILES string of the molecule is COC(=O)[C@@H](NC(=O)[C@@H]1CCCO1)C1CCCCC1. The van der Waals surface area contributed by atoms with Gasteiger partial charge in [-0.1, -0.05) is 19.3 Å². The van der Waals surface area contributed by atoms with Crippen LogP contribution >= 0.6 is 0 Å². The second-order valence-electron chi connectivity index (χ2n) is 5.41. The van der Waals surface area contributed by atoms with Crippen LogP contribution in [-0.2, 0) is 19.1 Å². The number of nitrogens with one attached hydrogen (secondary N) is 1. The number of carbonyl (C=O) groups excluding carboxylic acids is 2. The van der Waals surface area contributed by atoms with Crippen LogP contribution in [0.3, 0.4) is 0 Å². The fourth-order valence-electron chi connectivity index (χ4n) is 2.99. The average Bonchev–Trinajstić information content (AvgIpc) is 2.99. The second kappa shape index (κ2) is 6.89. The van der Waals surface area contributed by atoms with Crippen molar-refractivity contribution in [2.24, 2.45) is 5.92 Å². The first kappa shape index (κ1) is 14.3. The lowest BCUT2D eigenvalue weighted by Crippen LogP contribution is -2.50. The lowest BCUT2D eigenvalue weighted by atomic mass is 9.83. The van der Waals surface area contributed by atoms with Crippen LogP contribution in [-0.4, -0.2) is 37.7 Å². The maximum Gasteiger partial charge on any atom is 0.328 e. The van der Waals surface area contributed by atoms with Crippen molar-refractivity contribution in [3.8, 4) is 0 Å². The summed E-state index contributed by atoms with van der Waals surface area (Å²) >= 11 is 0. The van der Waals surface area contributed by atoms with Crippen molar-refractivity contribution in [1.29, 1.82) is 0 Å². The van der Waals surface area contributed by atoms with Crippen molar-refractivity contribution in [3.05, 3.63) is 0 Å². The van der Waals surface area contributed by atoms with Gasteiger partial charge in [-0.3, -0.25) is 4.79 Å². The molecule has 0 bridgehead atoms. The molecule has 1 heterocycles. The molecule has 0 aromatic carbocycles. The van der Waals surface area contributed by atoms with Gasteiger partial charge in [-0.05, 0) is 31.6 Å². The molecule has 2 fully saturated rings. The second-order valence-corrected chi connectivity index (χ2v) is 5.41. The molecule has 5 heteroatoms. The number of hydrogen-bond acceptors (Lipinski definition) is 4. The van der Waals surface area contributed by atoms with Gasteiger partial charge in [-0.2, -0.15) is 0 Å². The molecule has 2 aliphatic rings. The van der Waals surface area contributed by atoms with Crippen molar-refractivity contribution in [2.45, 2.75) is 57.1 Å². The highest BCUT2D eigenvalue weighted by molar-refractivity contribution is 5.87. The topological polar surface area (TPSA) is 64.6 Å². The van der Waals surface area contributed by atoms with Gasteiger partial charge in [-0.25, -0.2) is 4.79 Å². The van der Waals surface area contributed by atoms with Crippen molar-refractivity contribution in [1.82, 2.24) is 5.32 Å². The van der Waals surface area contributed by atoms with Gasteiger partial charge in [0, 0.05) is 6.61 Å². The monoisotopic (exact) mass is 269 g/mol. The largest absolute Gasteiger partial charge is 0.467 e. The predicted molar refractivity (Wildman–Crippen MR) is 69.5 cm³/mol.